The summed E-state index contributed by atoms with van der Waals surface area (Å²) in [6, 6.07) is 18.1. The summed E-state index contributed by atoms with van der Waals surface area (Å²) in [5.41, 5.74) is 1.58. The lowest BCUT2D eigenvalue weighted by Gasteiger charge is -2.18. The average Bonchev–Trinajstić information content (AvgIpc) is 3.40. The predicted octanol–water partition coefficient (Wildman–Crippen LogP) is 5.61. The van der Waals surface area contributed by atoms with Gasteiger partial charge in [0.05, 0.1) is 10.4 Å². The topological polar surface area (TPSA) is 54.9 Å². The smallest absolute Gasteiger partial charge is 0.238 e. The lowest BCUT2D eigenvalue weighted by atomic mass is 10.1. The van der Waals surface area contributed by atoms with Crippen LogP contribution in [0, 0.1) is 5.82 Å². The summed E-state index contributed by atoms with van der Waals surface area (Å²) in [5.74, 6) is 0.249. The number of carbonyl (C=O) groups is 1. The van der Waals surface area contributed by atoms with Gasteiger partial charge in [0.25, 0.3) is 0 Å². The fraction of sp³-hybridized carbons (Fsp3) is 0.174. The second-order valence-corrected chi connectivity index (χ2v) is 9.22. The van der Waals surface area contributed by atoms with Crippen LogP contribution in [0.3, 0.4) is 0 Å². The van der Waals surface area contributed by atoms with E-state index in [1.165, 1.54) is 23.9 Å². The first-order chi connectivity index (χ1) is 14.7. The summed E-state index contributed by atoms with van der Waals surface area (Å²) < 4.78 is 13.5. The van der Waals surface area contributed by atoms with Crippen LogP contribution in [-0.4, -0.2) is 21.9 Å². The molecule has 1 aliphatic carbocycles. The highest BCUT2D eigenvalue weighted by atomic mass is 32.2. The SMILES string of the molecule is O=C(NC1CC1)C(Sc1nc(-c2cccs2)nc2ccccc12)c1ccc(F)cc1. The number of thioether (sulfide) groups is 1. The predicted molar refractivity (Wildman–Crippen MR) is 119 cm³/mol. The van der Waals surface area contributed by atoms with Gasteiger partial charge in [0.15, 0.2) is 5.82 Å². The summed E-state index contributed by atoms with van der Waals surface area (Å²) in [5, 5.41) is 6.18. The fourth-order valence-electron chi connectivity index (χ4n) is 3.18. The molecular weight excluding hydrogens is 417 g/mol. The molecule has 1 N–H and O–H groups in total. The van der Waals surface area contributed by atoms with Gasteiger partial charge in [0.1, 0.15) is 16.1 Å². The van der Waals surface area contributed by atoms with Crippen LogP contribution in [0.2, 0.25) is 0 Å². The monoisotopic (exact) mass is 435 g/mol. The summed E-state index contributed by atoms with van der Waals surface area (Å²) in [6.07, 6.45) is 2.01. The number of nitrogens with zero attached hydrogens (tertiary/aromatic N) is 2. The second kappa shape index (κ2) is 8.16. The number of halogens is 1. The Kier molecular flexibility index (Phi) is 5.23. The van der Waals surface area contributed by atoms with E-state index >= 15 is 0 Å². The van der Waals surface area contributed by atoms with Gasteiger partial charge >= 0.3 is 0 Å². The van der Waals surface area contributed by atoms with E-state index in [9.17, 15) is 9.18 Å². The van der Waals surface area contributed by atoms with Crippen molar-refractivity contribution in [1.29, 1.82) is 0 Å². The number of amides is 1. The van der Waals surface area contributed by atoms with Crippen molar-refractivity contribution in [3.05, 3.63) is 77.4 Å². The first-order valence-corrected chi connectivity index (χ1v) is 11.5. The zero-order valence-corrected chi connectivity index (χ0v) is 17.5. The lowest BCUT2D eigenvalue weighted by Crippen LogP contribution is -2.29. The van der Waals surface area contributed by atoms with Gasteiger partial charge < -0.3 is 5.32 Å². The van der Waals surface area contributed by atoms with Gasteiger partial charge in [-0.1, -0.05) is 48.2 Å². The van der Waals surface area contributed by atoms with Crippen molar-refractivity contribution < 1.29 is 9.18 Å². The van der Waals surface area contributed by atoms with Crippen LogP contribution in [0.5, 0.6) is 0 Å². The summed E-state index contributed by atoms with van der Waals surface area (Å²) in [7, 11) is 0. The molecule has 0 aliphatic heterocycles. The van der Waals surface area contributed by atoms with Gasteiger partial charge in [0.2, 0.25) is 5.91 Å². The van der Waals surface area contributed by atoms with E-state index in [-0.39, 0.29) is 17.8 Å². The van der Waals surface area contributed by atoms with Crippen molar-refractivity contribution in [3.63, 3.8) is 0 Å². The van der Waals surface area contributed by atoms with Gasteiger partial charge in [-0.25, -0.2) is 14.4 Å². The number of nitrogens with one attached hydrogen (secondary N) is 1. The molecule has 1 atom stereocenters. The maximum atomic E-state index is 13.5. The van der Waals surface area contributed by atoms with Crippen molar-refractivity contribution in [3.8, 4) is 10.7 Å². The molecule has 1 saturated carbocycles. The Bertz CT molecular complexity index is 1190. The van der Waals surface area contributed by atoms with E-state index in [0.29, 0.717) is 5.82 Å². The highest BCUT2D eigenvalue weighted by molar-refractivity contribution is 8.00. The standard InChI is InChI=1S/C23H18FN3OS2/c24-15-9-7-14(8-10-15)20(22(28)25-16-11-12-16)30-23-17-4-1-2-5-18(17)26-21(27-23)19-6-3-13-29-19/h1-10,13,16,20H,11-12H2,(H,25,28). The molecule has 2 aromatic carbocycles. The van der Waals surface area contributed by atoms with E-state index < -0.39 is 5.25 Å². The summed E-state index contributed by atoms with van der Waals surface area (Å²) in [6.45, 7) is 0. The van der Waals surface area contributed by atoms with Crippen LogP contribution >= 0.6 is 23.1 Å². The molecule has 30 heavy (non-hydrogen) atoms. The van der Waals surface area contributed by atoms with Gasteiger partial charge in [-0.2, -0.15) is 0 Å². The van der Waals surface area contributed by atoms with E-state index in [4.69, 9.17) is 9.97 Å². The largest absolute Gasteiger partial charge is 0.352 e. The Morgan fingerprint density at radius 2 is 1.87 bits per heavy atom. The van der Waals surface area contributed by atoms with Crippen LogP contribution in [0.1, 0.15) is 23.7 Å². The number of fused-ring (bicyclic) bond motifs is 1. The molecule has 7 heteroatoms. The highest BCUT2D eigenvalue weighted by Gasteiger charge is 2.30. The maximum Gasteiger partial charge on any atom is 0.238 e. The summed E-state index contributed by atoms with van der Waals surface area (Å²) >= 11 is 2.96. The minimum Gasteiger partial charge on any atom is -0.352 e. The van der Waals surface area contributed by atoms with Crippen LogP contribution in [0.15, 0.2) is 71.1 Å². The van der Waals surface area contributed by atoms with Crippen molar-refractivity contribution >= 4 is 39.9 Å². The van der Waals surface area contributed by atoms with Gasteiger partial charge in [-0.3, -0.25) is 4.79 Å². The number of hydrogen-bond acceptors (Lipinski definition) is 5. The quantitative estimate of drug-likeness (QED) is 0.316. The molecule has 1 amide bonds. The zero-order chi connectivity index (χ0) is 20.5. The van der Waals surface area contributed by atoms with Crippen molar-refractivity contribution in [1.82, 2.24) is 15.3 Å². The van der Waals surface area contributed by atoms with Gasteiger partial charge in [0, 0.05) is 11.4 Å². The number of rotatable bonds is 6. The van der Waals surface area contributed by atoms with Gasteiger partial charge in [-0.05, 0) is 48.1 Å². The second-order valence-electron chi connectivity index (χ2n) is 7.18. The molecule has 0 radical (unpaired) electrons. The third kappa shape index (κ3) is 4.08. The van der Waals surface area contributed by atoms with Gasteiger partial charge in [-0.15, -0.1) is 11.3 Å². The van der Waals surface area contributed by atoms with Crippen molar-refractivity contribution in [2.75, 3.05) is 0 Å². The molecule has 5 rings (SSSR count). The Morgan fingerprint density at radius 1 is 1.07 bits per heavy atom. The number of aromatic nitrogens is 2. The minimum atomic E-state index is -0.527. The highest BCUT2D eigenvalue weighted by Crippen LogP contribution is 2.39. The van der Waals surface area contributed by atoms with Crippen LogP contribution in [0.25, 0.3) is 21.6 Å². The normalized spacial score (nSPS) is 14.6. The van der Waals surface area contributed by atoms with E-state index in [0.717, 1.165) is 39.2 Å². The third-order valence-corrected chi connectivity index (χ3v) is 7.00. The first kappa shape index (κ1) is 19.2. The Labute approximate surface area is 181 Å². The molecule has 2 aromatic heterocycles. The fourth-order valence-corrected chi connectivity index (χ4v) is 4.97. The van der Waals surface area contributed by atoms with E-state index in [2.05, 4.69) is 5.32 Å². The zero-order valence-electron chi connectivity index (χ0n) is 15.9. The Morgan fingerprint density at radius 3 is 2.60 bits per heavy atom. The molecule has 1 aliphatic rings. The Hall–Kier alpha value is -2.77. The molecule has 0 bridgehead atoms. The molecule has 0 spiro atoms. The molecular formula is C23H18FN3OS2. The summed E-state index contributed by atoms with van der Waals surface area (Å²) in [4.78, 5) is 23.6. The van der Waals surface area contributed by atoms with Crippen LogP contribution in [0.4, 0.5) is 4.39 Å². The minimum absolute atomic E-state index is 0.0746. The average molecular weight is 436 g/mol. The molecule has 4 aromatic rings. The number of carbonyl (C=O) groups excluding carboxylic acids is 1. The third-order valence-electron chi connectivity index (χ3n) is 4.87. The maximum absolute atomic E-state index is 13.5. The molecule has 150 valence electrons. The van der Waals surface area contributed by atoms with Crippen LogP contribution in [-0.2, 0) is 4.79 Å². The molecule has 2 heterocycles. The number of thiophene rings is 1. The number of para-hydroxylation sites is 1. The van der Waals surface area contributed by atoms with Crippen molar-refractivity contribution in [2.24, 2.45) is 0 Å². The number of benzene rings is 2. The van der Waals surface area contributed by atoms with Crippen molar-refractivity contribution in [2.45, 2.75) is 29.2 Å². The first-order valence-electron chi connectivity index (χ1n) is 9.70. The number of hydrogen-bond donors (Lipinski definition) is 1. The van der Waals surface area contributed by atoms with Crippen LogP contribution < -0.4 is 5.32 Å². The Balaban J connectivity index is 1.57. The van der Waals surface area contributed by atoms with E-state index in [1.807, 2.05) is 41.8 Å². The molecule has 0 saturated heterocycles. The molecule has 1 unspecified atom stereocenters. The lowest BCUT2D eigenvalue weighted by molar-refractivity contribution is -0.120. The molecule has 4 nitrogen and oxygen atoms in total. The van der Waals surface area contributed by atoms with E-state index in [1.54, 1.807) is 23.5 Å². The molecule has 1 fully saturated rings.